The highest BCUT2D eigenvalue weighted by molar-refractivity contribution is 7.16. The maximum Gasteiger partial charge on any atom is 0.270 e. The number of fused-ring (bicyclic) bond motifs is 1. The van der Waals surface area contributed by atoms with Crippen LogP contribution in [0.4, 0.5) is 0 Å². The predicted molar refractivity (Wildman–Crippen MR) is 118 cm³/mol. The number of piperazine rings is 1. The van der Waals surface area contributed by atoms with Crippen molar-refractivity contribution in [2.75, 3.05) is 25.5 Å². The molecule has 1 aromatic carbocycles. The molecule has 0 unspecified atom stereocenters. The van der Waals surface area contributed by atoms with E-state index in [2.05, 4.69) is 35.1 Å². The summed E-state index contributed by atoms with van der Waals surface area (Å²) in [5.74, 6) is -0.0831. The maximum atomic E-state index is 13.5. The van der Waals surface area contributed by atoms with Gasteiger partial charge >= 0.3 is 0 Å². The highest BCUT2D eigenvalue weighted by Crippen LogP contribution is 2.32. The third-order valence-electron chi connectivity index (χ3n) is 5.68. The lowest BCUT2D eigenvalue weighted by Crippen LogP contribution is -2.56. The molecule has 0 bridgehead atoms. The van der Waals surface area contributed by atoms with Crippen LogP contribution in [0.3, 0.4) is 0 Å². The maximum absolute atomic E-state index is 13.5. The van der Waals surface area contributed by atoms with Crippen molar-refractivity contribution in [2.45, 2.75) is 25.9 Å². The van der Waals surface area contributed by atoms with Crippen LogP contribution >= 0.6 is 22.9 Å². The number of nitrogens with zero attached hydrogens (tertiary/aromatic N) is 3. The van der Waals surface area contributed by atoms with E-state index in [1.54, 1.807) is 16.2 Å². The largest absolute Gasteiger partial charge is 0.335 e. The average molecular weight is 430 g/mol. The second-order valence-electron chi connectivity index (χ2n) is 7.49. The number of alkyl halides is 1. The molecule has 152 valence electrons. The minimum Gasteiger partial charge on any atom is -0.335 e. The molecule has 2 amide bonds. The summed E-state index contributed by atoms with van der Waals surface area (Å²) >= 11 is 7.37. The molecule has 1 fully saturated rings. The SMILES string of the molecule is C[C@@H]1CN(C(=O)c2cc3ccsc3n2[C@@H](C)c2ccccc2)CCN1C(=O)CCl. The Morgan fingerprint density at radius 2 is 1.97 bits per heavy atom. The second kappa shape index (κ2) is 8.20. The molecule has 0 saturated carbocycles. The molecule has 1 aliphatic rings. The summed E-state index contributed by atoms with van der Waals surface area (Å²) in [7, 11) is 0. The topological polar surface area (TPSA) is 45.6 Å². The Hall–Kier alpha value is -2.31. The number of amides is 2. The van der Waals surface area contributed by atoms with Gasteiger partial charge in [-0.2, -0.15) is 0 Å². The van der Waals surface area contributed by atoms with Gasteiger partial charge in [0.15, 0.2) is 0 Å². The number of hydrogen-bond donors (Lipinski definition) is 0. The molecule has 0 radical (unpaired) electrons. The molecule has 0 N–H and O–H groups in total. The highest BCUT2D eigenvalue weighted by Gasteiger charge is 2.32. The molecule has 3 heterocycles. The van der Waals surface area contributed by atoms with Crippen molar-refractivity contribution >= 4 is 45.0 Å². The van der Waals surface area contributed by atoms with Gasteiger partial charge < -0.3 is 14.4 Å². The summed E-state index contributed by atoms with van der Waals surface area (Å²) in [6.07, 6.45) is 0. The van der Waals surface area contributed by atoms with Crippen LogP contribution in [0.2, 0.25) is 0 Å². The lowest BCUT2D eigenvalue weighted by Gasteiger charge is -2.39. The molecule has 4 rings (SSSR count). The van der Waals surface area contributed by atoms with Crippen LogP contribution < -0.4 is 0 Å². The summed E-state index contributed by atoms with van der Waals surface area (Å²) in [5, 5.41) is 3.15. The monoisotopic (exact) mass is 429 g/mol. The normalized spacial score (nSPS) is 18.2. The Labute approximate surface area is 179 Å². The van der Waals surface area contributed by atoms with Crippen molar-refractivity contribution in [3.63, 3.8) is 0 Å². The van der Waals surface area contributed by atoms with Gasteiger partial charge in [-0.3, -0.25) is 9.59 Å². The van der Waals surface area contributed by atoms with Gasteiger partial charge in [0.05, 0.1) is 6.04 Å². The molecule has 29 heavy (non-hydrogen) atoms. The summed E-state index contributed by atoms with van der Waals surface area (Å²) in [6.45, 7) is 5.64. The molecule has 2 aromatic heterocycles. The Morgan fingerprint density at radius 1 is 1.21 bits per heavy atom. The van der Waals surface area contributed by atoms with E-state index in [-0.39, 0.29) is 29.8 Å². The van der Waals surface area contributed by atoms with Crippen LogP contribution in [0.15, 0.2) is 47.8 Å². The van der Waals surface area contributed by atoms with Crippen molar-refractivity contribution in [1.29, 1.82) is 0 Å². The predicted octanol–water partition coefficient (Wildman–Crippen LogP) is 4.22. The third-order valence-corrected chi connectivity index (χ3v) is 6.84. The fraction of sp³-hybridized carbons (Fsp3) is 0.364. The van der Waals surface area contributed by atoms with E-state index >= 15 is 0 Å². The quantitative estimate of drug-likeness (QED) is 0.583. The highest BCUT2D eigenvalue weighted by atomic mass is 35.5. The van der Waals surface area contributed by atoms with Crippen molar-refractivity contribution in [2.24, 2.45) is 0 Å². The number of hydrogen-bond acceptors (Lipinski definition) is 3. The number of thiophene rings is 1. The van der Waals surface area contributed by atoms with E-state index in [1.165, 1.54) is 5.56 Å². The Morgan fingerprint density at radius 3 is 2.66 bits per heavy atom. The first-order valence-corrected chi connectivity index (χ1v) is 11.2. The van der Waals surface area contributed by atoms with Gasteiger partial charge in [-0.1, -0.05) is 30.3 Å². The number of aromatic nitrogens is 1. The van der Waals surface area contributed by atoms with E-state index in [0.717, 1.165) is 10.2 Å². The van der Waals surface area contributed by atoms with Gasteiger partial charge in [0.2, 0.25) is 5.91 Å². The summed E-state index contributed by atoms with van der Waals surface area (Å²) in [6, 6.07) is 14.3. The number of carbonyl (C=O) groups is 2. The van der Waals surface area contributed by atoms with E-state index in [4.69, 9.17) is 11.6 Å². The van der Waals surface area contributed by atoms with Gasteiger partial charge in [0, 0.05) is 31.1 Å². The molecule has 1 saturated heterocycles. The van der Waals surface area contributed by atoms with Crippen LogP contribution in [0.5, 0.6) is 0 Å². The zero-order valence-electron chi connectivity index (χ0n) is 16.5. The first-order chi connectivity index (χ1) is 14.0. The van der Waals surface area contributed by atoms with Gasteiger partial charge in [0.1, 0.15) is 16.4 Å². The average Bonchev–Trinajstić information content (AvgIpc) is 3.34. The van der Waals surface area contributed by atoms with E-state index in [1.807, 2.05) is 36.1 Å². The molecule has 0 spiro atoms. The number of benzene rings is 1. The number of carbonyl (C=O) groups excluding carboxylic acids is 2. The van der Waals surface area contributed by atoms with Crippen molar-refractivity contribution < 1.29 is 9.59 Å². The number of halogens is 1. The Kier molecular flexibility index (Phi) is 5.65. The molecule has 7 heteroatoms. The van der Waals surface area contributed by atoms with Crippen LogP contribution in [0.1, 0.15) is 35.9 Å². The minimum absolute atomic E-state index is 0.0148. The third kappa shape index (κ3) is 3.67. The zero-order valence-corrected chi connectivity index (χ0v) is 18.1. The van der Waals surface area contributed by atoms with Crippen LogP contribution in [0.25, 0.3) is 10.2 Å². The summed E-state index contributed by atoms with van der Waals surface area (Å²) in [5.41, 5.74) is 1.87. The van der Waals surface area contributed by atoms with Crippen molar-refractivity contribution in [3.8, 4) is 0 Å². The Balaban J connectivity index is 1.65. The molecular formula is C22H24ClN3O2S. The molecule has 5 nitrogen and oxygen atoms in total. The Bertz CT molecular complexity index is 1030. The van der Waals surface area contributed by atoms with Crippen LogP contribution in [0, 0.1) is 0 Å². The van der Waals surface area contributed by atoms with E-state index in [9.17, 15) is 9.59 Å². The smallest absolute Gasteiger partial charge is 0.270 e. The number of rotatable bonds is 4. The summed E-state index contributed by atoms with van der Waals surface area (Å²) in [4.78, 5) is 30.2. The van der Waals surface area contributed by atoms with Crippen LogP contribution in [-0.4, -0.2) is 57.7 Å². The lowest BCUT2D eigenvalue weighted by atomic mass is 10.1. The van der Waals surface area contributed by atoms with Crippen molar-refractivity contribution in [1.82, 2.24) is 14.4 Å². The van der Waals surface area contributed by atoms with Crippen molar-refractivity contribution in [3.05, 3.63) is 59.1 Å². The van der Waals surface area contributed by atoms with E-state index in [0.29, 0.717) is 25.3 Å². The molecule has 3 aromatic rings. The molecule has 1 aliphatic heterocycles. The van der Waals surface area contributed by atoms with Gasteiger partial charge in [0.25, 0.3) is 5.91 Å². The fourth-order valence-corrected chi connectivity index (χ4v) is 5.25. The lowest BCUT2D eigenvalue weighted by molar-refractivity contribution is -0.132. The summed E-state index contributed by atoms with van der Waals surface area (Å²) < 4.78 is 2.15. The first kappa shape index (κ1) is 20.0. The van der Waals surface area contributed by atoms with Gasteiger partial charge in [-0.25, -0.2) is 0 Å². The molecule has 2 atom stereocenters. The minimum atomic E-state index is -0.0761. The van der Waals surface area contributed by atoms with E-state index < -0.39 is 0 Å². The first-order valence-electron chi connectivity index (χ1n) is 9.79. The fourth-order valence-electron chi connectivity index (χ4n) is 4.12. The van der Waals surface area contributed by atoms with Crippen LogP contribution in [-0.2, 0) is 4.79 Å². The second-order valence-corrected chi connectivity index (χ2v) is 8.65. The standard InChI is InChI=1S/C22H24ClN3O2S/c1-15-14-24(9-10-25(15)20(27)13-23)21(28)19-12-18-8-11-29-22(18)26(19)16(2)17-6-4-3-5-7-17/h3-8,11-12,15-16H,9-10,13-14H2,1-2H3/t15-,16+/m1/s1. The van der Waals surface area contributed by atoms with Gasteiger partial charge in [-0.05, 0) is 36.9 Å². The molecule has 0 aliphatic carbocycles. The van der Waals surface area contributed by atoms with Gasteiger partial charge in [-0.15, -0.1) is 22.9 Å². The molecular weight excluding hydrogens is 406 g/mol. The zero-order chi connectivity index (χ0) is 20.5.